The van der Waals surface area contributed by atoms with Crippen molar-refractivity contribution in [1.29, 1.82) is 0 Å². The molecule has 0 aromatic rings. The van der Waals surface area contributed by atoms with Crippen molar-refractivity contribution in [3.8, 4) is 0 Å². The van der Waals surface area contributed by atoms with Gasteiger partial charge in [-0.25, -0.2) is 4.18 Å². The molecule has 1 fully saturated rings. The average Bonchev–Trinajstić information content (AvgIpc) is 3.01. The third-order valence-corrected chi connectivity index (χ3v) is 7.71. The molecule has 13 heteroatoms. The maximum atomic E-state index is 12.1. The number of ether oxygens (including phenoxy) is 4. The first kappa shape index (κ1) is 42.3. The van der Waals surface area contributed by atoms with E-state index in [-0.39, 0.29) is 19.6 Å². The monoisotopic (exact) mass is 678 g/mol. The molecule has 1 aliphatic rings. The van der Waals surface area contributed by atoms with Crippen LogP contribution in [0.25, 0.3) is 0 Å². The van der Waals surface area contributed by atoms with Crippen LogP contribution in [0.5, 0.6) is 0 Å². The number of hydrogen-bond donors (Lipinski definition) is 4. The third kappa shape index (κ3) is 20.5. The van der Waals surface area contributed by atoms with Gasteiger partial charge in [0.15, 0.2) is 6.29 Å². The van der Waals surface area contributed by atoms with Gasteiger partial charge in [0.05, 0.1) is 19.8 Å². The number of aliphatic hydroxyl groups is 3. The Morgan fingerprint density at radius 3 is 2.07 bits per heavy atom. The quantitative estimate of drug-likeness (QED) is 0.0407. The molecular formula is C33H58O12S. The van der Waals surface area contributed by atoms with Crippen molar-refractivity contribution in [2.75, 3.05) is 26.4 Å². The molecule has 0 spiro atoms. The Labute approximate surface area is 275 Å². The molecule has 0 bridgehead atoms. The van der Waals surface area contributed by atoms with Gasteiger partial charge in [0.1, 0.15) is 30.5 Å². The van der Waals surface area contributed by atoms with Gasteiger partial charge in [-0.3, -0.25) is 9.35 Å². The maximum absolute atomic E-state index is 12.1. The Balaban J connectivity index is 2.29. The Kier molecular flexibility index (Phi) is 24.2. The molecule has 0 aromatic carbocycles. The fraction of sp³-hybridized carbons (Fsp3) is 0.788. The highest BCUT2D eigenvalue weighted by Crippen LogP contribution is 2.26. The lowest BCUT2D eigenvalue weighted by Crippen LogP contribution is -2.60. The van der Waals surface area contributed by atoms with Crippen molar-refractivity contribution >= 4 is 16.4 Å². The molecule has 1 heterocycles. The fourth-order valence-electron chi connectivity index (χ4n) is 4.78. The first-order valence-corrected chi connectivity index (χ1v) is 18.1. The van der Waals surface area contributed by atoms with Crippen LogP contribution < -0.4 is 0 Å². The molecule has 0 saturated carbocycles. The Hall–Kier alpha value is -1.68. The summed E-state index contributed by atoms with van der Waals surface area (Å²) in [6, 6.07) is 0. The summed E-state index contributed by atoms with van der Waals surface area (Å²) in [6.45, 7) is 3.43. The topological polar surface area (TPSA) is 178 Å². The van der Waals surface area contributed by atoms with Crippen LogP contribution in [0.15, 0.2) is 36.5 Å². The van der Waals surface area contributed by atoms with Gasteiger partial charge in [-0.05, 0) is 44.9 Å². The molecule has 268 valence electrons. The van der Waals surface area contributed by atoms with E-state index in [0.29, 0.717) is 13.0 Å². The van der Waals surface area contributed by atoms with Crippen molar-refractivity contribution < 1.29 is 56.2 Å². The minimum Gasteiger partial charge on any atom is -0.457 e. The van der Waals surface area contributed by atoms with Crippen molar-refractivity contribution in [2.24, 2.45) is 0 Å². The van der Waals surface area contributed by atoms with Crippen molar-refractivity contribution in [1.82, 2.24) is 0 Å². The molecule has 0 amide bonds. The van der Waals surface area contributed by atoms with Gasteiger partial charge in [-0.2, -0.15) is 8.42 Å². The van der Waals surface area contributed by atoms with E-state index < -0.39 is 59.8 Å². The molecule has 1 rings (SSSR count). The number of carbonyl (C=O) groups is 1. The molecular weight excluding hydrogens is 620 g/mol. The van der Waals surface area contributed by atoms with Crippen LogP contribution in [0.1, 0.15) is 104 Å². The van der Waals surface area contributed by atoms with Crippen molar-refractivity contribution in [3.63, 3.8) is 0 Å². The predicted octanol–water partition coefficient (Wildman–Crippen LogP) is 4.73. The summed E-state index contributed by atoms with van der Waals surface area (Å²) in [4.78, 5) is 12.1. The smallest absolute Gasteiger partial charge is 0.397 e. The number of allylic oxidation sites excluding steroid dienone is 6. The largest absolute Gasteiger partial charge is 0.457 e. The molecule has 46 heavy (non-hydrogen) atoms. The molecule has 6 unspecified atom stereocenters. The van der Waals surface area contributed by atoms with E-state index in [4.69, 9.17) is 23.5 Å². The predicted molar refractivity (Wildman–Crippen MR) is 174 cm³/mol. The average molecular weight is 679 g/mol. The molecule has 1 aliphatic heterocycles. The SMILES string of the molecule is CC/C=C\C/C=C\C/C=C\CCCCCCCCCCOCC(COC1OC(CO)C(O)C(OS(=O)(=O)O)C1O)OC(=O)CCC. The van der Waals surface area contributed by atoms with Crippen molar-refractivity contribution in [3.05, 3.63) is 36.5 Å². The first-order chi connectivity index (χ1) is 22.1. The fourth-order valence-corrected chi connectivity index (χ4v) is 5.29. The van der Waals surface area contributed by atoms with E-state index >= 15 is 0 Å². The van der Waals surface area contributed by atoms with Crippen LogP contribution in [-0.2, 0) is 38.3 Å². The van der Waals surface area contributed by atoms with E-state index in [1.54, 1.807) is 0 Å². The number of esters is 1. The summed E-state index contributed by atoms with van der Waals surface area (Å²) in [5, 5.41) is 30.1. The molecule has 1 saturated heterocycles. The zero-order chi connectivity index (χ0) is 34.0. The highest BCUT2D eigenvalue weighted by atomic mass is 32.3. The van der Waals surface area contributed by atoms with E-state index in [2.05, 4.69) is 47.6 Å². The second kappa shape index (κ2) is 26.3. The van der Waals surface area contributed by atoms with E-state index in [9.17, 15) is 28.5 Å². The number of unbranched alkanes of at least 4 members (excludes halogenated alkanes) is 8. The Morgan fingerprint density at radius 2 is 1.46 bits per heavy atom. The third-order valence-electron chi connectivity index (χ3n) is 7.25. The number of carbonyl (C=O) groups excluding carboxylic acids is 1. The summed E-state index contributed by atoms with van der Waals surface area (Å²) >= 11 is 0. The van der Waals surface area contributed by atoms with Crippen LogP contribution in [0.3, 0.4) is 0 Å². The second-order valence-electron chi connectivity index (χ2n) is 11.4. The highest BCUT2D eigenvalue weighted by molar-refractivity contribution is 7.80. The minimum absolute atomic E-state index is 0.0241. The highest BCUT2D eigenvalue weighted by Gasteiger charge is 2.48. The van der Waals surface area contributed by atoms with Crippen LogP contribution in [0.2, 0.25) is 0 Å². The summed E-state index contributed by atoms with van der Waals surface area (Å²) in [6.07, 6.45) is 18.1. The summed E-state index contributed by atoms with van der Waals surface area (Å²) in [5.41, 5.74) is 0. The van der Waals surface area contributed by atoms with Gasteiger partial charge in [-0.1, -0.05) is 88.8 Å². The first-order valence-electron chi connectivity index (χ1n) is 16.7. The second-order valence-corrected chi connectivity index (χ2v) is 12.4. The molecule has 0 aromatic heterocycles. The van der Waals surface area contributed by atoms with Crippen LogP contribution >= 0.6 is 0 Å². The zero-order valence-corrected chi connectivity index (χ0v) is 28.4. The van der Waals surface area contributed by atoms with Gasteiger partial charge in [0, 0.05) is 13.0 Å². The Bertz CT molecular complexity index is 968. The van der Waals surface area contributed by atoms with Crippen LogP contribution in [0, 0.1) is 0 Å². The zero-order valence-electron chi connectivity index (χ0n) is 27.6. The normalized spacial score (nSPS) is 23.1. The standard InChI is InChI=1S/C33H58O12S/c1-3-5-6-7-8-9-10-11-12-13-14-15-16-17-18-19-20-21-23-41-25-27(43-29(35)22-4-2)26-42-33-31(37)32(45-46(38,39)40)30(36)28(24-34)44-33/h5-6,8-9,11-12,27-28,30-34,36-37H,3-4,7,10,13-26H2,1-2H3,(H,38,39,40)/b6-5-,9-8-,12-11-. The molecule has 0 radical (unpaired) electrons. The van der Waals surface area contributed by atoms with Gasteiger partial charge in [0.2, 0.25) is 0 Å². The lowest BCUT2D eigenvalue weighted by molar-refractivity contribution is -0.301. The van der Waals surface area contributed by atoms with Gasteiger partial charge in [-0.15, -0.1) is 0 Å². The van der Waals surface area contributed by atoms with Gasteiger partial charge in [0.25, 0.3) is 0 Å². The maximum Gasteiger partial charge on any atom is 0.397 e. The number of hydrogen-bond acceptors (Lipinski definition) is 11. The van der Waals surface area contributed by atoms with Crippen LogP contribution in [0.4, 0.5) is 0 Å². The summed E-state index contributed by atoms with van der Waals surface area (Å²) in [5.74, 6) is -0.458. The van der Waals surface area contributed by atoms with Crippen molar-refractivity contribution in [2.45, 2.75) is 141 Å². The summed E-state index contributed by atoms with van der Waals surface area (Å²) < 4.78 is 57.8. The number of rotatable bonds is 27. The van der Waals surface area contributed by atoms with E-state index in [0.717, 1.165) is 44.9 Å². The molecule has 6 atom stereocenters. The lowest BCUT2D eigenvalue weighted by atomic mass is 9.99. The molecule has 0 aliphatic carbocycles. The summed E-state index contributed by atoms with van der Waals surface area (Å²) in [7, 11) is -5.04. The minimum atomic E-state index is -5.04. The van der Waals surface area contributed by atoms with Crippen LogP contribution in [-0.4, -0.2) is 97.5 Å². The van der Waals surface area contributed by atoms with Gasteiger partial charge < -0.3 is 34.3 Å². The van der Waals surface area contributed by atoms with E-state index in [1.165, 1.54) is 32.1 Å². The van der Waals surface area contributed by atoms with Gasteiger partial charge >= 0.3 is 16.4 Å². The molecule has 4 N–H and O–H groups in total. The van der Waals surface area contributed by atoms with E-state index in [1.807, 2.05) is 6.92 Å². The lowest BCUT2D eigenvalue weighted by Gasteiger charge is -2.41. The molecule has 12 nitrogen and oxygen atoms in total. The number of aliphatic hydroxyl groups excluding tert-OH is 3. The Morgan fingerprint density at radius 1 is 0.848 bits per heavy atom.